The number of rotatable bonds is 5. The van der Waals surface area contributed by atoms with Gasteiger partial charge in [0.15, 0.2) is 5.82 Å². The first-order valence-corrected chi connectivity index (χ1v) is 8.81. The minimum absolute atomic E-state index is 0.653. The van der Waals surface area contributed by atoms with E-state index in [9.17, 15) is 0 Å². The summed E-state index contributed by atoms with van der Waals surface area (Å²) in [6.45, 7) is 6.68. The molecule has 0 aliphatic carbocycles. The van der Waals surface area contributed by atoms with Crippen molar-refractivity contribution in [1.29, 1.82) is 0 Å². The number of hydrogen-bond acceptors (Lipinski definition) is 7. The largest absolute Gasteiger partial charge is 0.360 e. The molecule has 3 heterocycles. The molecule has 0 amide bonds. The fourth-order valence-electron chi connectivity index (χ4n) is 3.07. The Morgan fingerprint density at radius 3 is 2.58 bits per heavy atom. The second-order valence-electron chi connectivity index (χ2n) is 6.44. The summed E-state index contributed by atoms with van der Waals surface area (Å²) in [5.41, 5.74) is 1.35. The molecule has 0 spiro atoms. The van der Waals surface area contributed by atoms with Gasteiger partial charge in [0.05, 0.1) is 0 Å². The molecule has 1 fully saturated rings. The highest BCUT2D eigenvalue weighted by Crippen LogP contribution is 2.18. The third kappa shape index (κ3) is 4.00. The maximum absolute atomic E-state index is 5.07. The van der Waals surface area contributed by atoms with Crippen LogP contribution in [0.25, 0.3) is 0 Å². The number of hydrogen-bond donors (Lipinski definition) is 1. The number of nitrogens with zero attached hydrogens (tertiary/aromatic N) is 5. The summed E-state index contributed by atoms with van der Waals surface area (Å²) >= 11 is 0. The Bertz CT molecular complexity index is 842. The van der Waals surface area contributed by atoms with E-state index in [-0.39, 0.29) is 0 Å². The normalized spacial score (nSPS) is 15.2. The molecule has 1 aliphatic rings. The van der Waals surface area contributed by atoms with Crippen molar-refractivity contribution in [2.24, 2.45) is 0 Å². The number of piperazine rings is 1. The molecule has 0 atom stereocenters. The lowest BCUT2D eigenvalue weighted by molar-refractivity contribution is 0.248. The third-order valence-electron chi connectivity index (χ3n) is 4.43. The van der Waals surface area contributed by atoms with Crippen LogP contribution in [0.3, 0.4) is 0 Å². The summed E-state index contributed by atoms with van der Waals surface area (Å²) in [5, 5.41) is 7.09. The number of aryl methyl sites for hydroxylation is 1. The molecule has 4 rings (SSSR count). The van der Waals surface area contributed by atoms with Crippen LogP contribution >= 0.6 is 0 Å². The Labute approximate surface area is 152 Å². The van der Waals surface area contributed by atoms with E-state index in [4.69, 9.17) is 4.52 Å². The van der Waals surface area contributed by atoms with Crippen molar-refractivity contribution in [2.45, 2.75) is 13.5 Å². The van der Waals surface area contributed by atoms with Crippen LogP contribution in [0.2, 0.25) is 0 Å². The molecule has 1 aromatic carbocycles. The molecule has 0 unspecified atom stereocenters. The second kappa shape index (κ2) is 7.53. The molecule has 2 aromatic heterocycles. The van der Waals surface area contributed by atoms with Gasteiger partial charge in [-0.2, -0.15) is 4.98 Å². The molecule has 0 bridgehead atoms. The van der Waals surface area contributed by atoms with Crippen molar-refractivity contribution in [2.75, 3.05) is 36.4 Å². The highest BCUT2D eigenvalue weighted by Gasteiger charge is 2.19. The van der Waals surface area contributed by atoms with Gasteiger partial charge in [-0.05, 0) is 18.6 Å². The summed E-state index contributed by atoms with van der Waals surface area (Å²) in [4.78, 5) is 13.7. The highest BCUT2D eigenvalue weighted by molar-refractivity contribution is 5.52. The Kier molecular flexibility index (Phi) is 4.79. The van der Waals surface area contributed by atoms with Gasteiger partial charge in [-0.15, -0.1) is 0 Å². The van der Waals surface area contributed by atoms with Crippen LogP contribution in [0.15, 0.2) is 53.2 Å². The lowest BCUT2D eigenvalue weighted by atomic mass is 10.2. The Balaban J connectivity index is 1.36. The number of nitrogens with one attached hydrogen (secondary N) is 1. The predicted molar refractivity (Wildman–Crippen MR) is 100 cm³/mol. The molecule has 0 radical (unpaired) electrons. The van der Waals surface area contributed by atoms with Gasteiger partial charge >= 0.3 is 0 Å². The first-order chi connectivity index (χ1) is 12.8. The smallest absolute Gasteiger partial charge is 0.227 e. The minimum atomic E-state index is 0.653. The molecule has 1 saturated heterocycles. The van der Waals surface area contributed by atoms with Gasteiger partial charge in [0.2, 0.25) is 5.95 Å². The zero-order chi connectivity index (χ0) is 17.8. The minimum Gasteiger partial charge on any atom is -0.360 e. The lowest BCUT2D eigenvalue weighted by Gasteiger charge is -2.34. The number of anilines is 3. The van der Waals surface area contributed by atoms with Crippen LogP contribution < -0.4 is 10.2 Å². The Hall–Kier alpha value is -2.93. The van der Waals surface area contributed by atoms with E-state index in [1.165, 1.54) is 5.56 Å². The third-order valence-corrected chi connectivity index (χ3v) is 4.43. The molecule has 26 heavy (non-hydrogen) atoms. The monoisotopic (exact) mass is 350 g/mol. The molecular formula is C19H22N6O. The van der Waals surface area contributed by atoms with Crippen molar-refractivity contribution in [1.82, 2.24) is 20.0 Å². The summed E-state index contributed by atoms with van der Waals surface area (Å²) in [6.07, 6.45) is 1.77. The first-order valence-electron chi connectivity index (χ1n) is 8.81. The molecule has 134 valence electrons. The van der Waals surface area contributed by atoms with E-state index >= 15 is 0 Å². The zero-order valence-electron chi connectivity index (χ0n) is 14.8. The molecule has 3 aromatic rings. The first kappa shape index (κ1) is 16.5. The van der Waals surface area contributed by atoms with Crippen LogP contribution in [0.5, 0.6) is 0 Å². The van der Waals surface area contributed by atoms with Gasteiger partial charge in [-0.25, -0.2) is 4.98 Å². The van der Waals surface area contributed by atoms with E-state index in [0.717, 1.165) is 50.3 Å². The average molecular weight is 350 g/mol. The molecule has 7 nitrogen and oxygen atoms in total. The van der Waals surface area contributed by atoms with Crippen molar-refractivity contribution >= 4 is 17.6 Å². The summed E-state index contributed by atoms with van der Waals surface area (Å²) in [6, 6.07) is 14.3. The van der Waals surface area contributed by atoms with Crippen molar-refractivity contribution in [3.05, 3.63) is 60.0 Å². The number of benzene rings is 1. The zero-order valence-corrected chi connectivity index (χ0v) is 14.8. The predicted octanol–water partition coefficient (Wildman–Crippen LogP) is 2.84. The van der Waals surface area contributed by atoms with Crippen LogP contribution in [0.4, 0.5) is 17.6 Å². The topological polar surface area (TPSA) is 70.3 Å². The SMILES string of the molecule is Cc1cc(Nc2ccnc(N3CCN(Cc4ccccc4)CC3)n2)no1. The van der Waals surface area contributed by atoms with Crippen LogP contribution in [0.1, 0.15) is 11.3 Å². The number of aromatic nitrogens is 3. The second-order valence-corrected chi connectivity index (χ2v) is 6.44. The van der Waals surface area contributed by atoms with Crippen LogP contribution in [0, 0.1) is 6.92 Å². The molecular weight excluding hydrogens is 328 g/mol. The van der Waals surface area contributed by atoms with E-state index in [1.54, 1.807) is 6.20 Å². The van der Waals surface area contributed by atoms with Crippen molar-refractivity contribution in [3.8, 4) is 0 Å². The van der Waals surface area contributed by atoms with E-state index < -0.39 is 0 Å². The quantitative estimate of drug-likeness (QED) is 0.759. The summed E-state index contributed by atoms with van der Waals surface area (Å²) < 4.78 is 5.07. The summed E-state index contributed by atoms with van der Waals surface area (Å²) in [5.74, 6) is 2.88. The molecule has 1 N–H and O–H groups in total. The van der Waals surface area contributed by atoms with Crippen LogP contribution in [-0.2, 0) is 6.54 Å². The maximum atomic E-state index is 5.07. The van der Waals surface area contributed by atoms with Gasteiger partial charge < -0.3 is 14.7 Å². The Morgan fingerprint density at radius 1 is 1.04 bits per heavy atom. The molecule has 0 saturated carbocycles. The highest BCUT2D eigenvalue weighted by atomic mass is 16.5. The van der Waals surface area contributed by atoms with Gasteiger partial charge in [0.1, 0.15) is 11.6 Å². The van der Waals surface area contributed by atoms with E-state index in [1.807, 2.05) is 19.1 Å². The summed E-state index contributed by atoms with van der Waals surface area (Å²) in [7, 11) is 0. The molecule has 1 aliphatic heterocycles. The standard InChI is InChI=1S/C19H22N6O/c1-15-13-18(23-26-15)21-17-7-8-20-19(22-17)25-11-9-24(10-12-25)14-16-5-3-2-4-6-16/h2-8,13H,9-12,14H2,1H3,(H,20,21,22,23). The Morgan fingerprint density at radius 2 is 1.85 bits per heavy atom. The van der Waals surface area contributed by atoms with E-state index in [2.05, 4.69) is 60.6 Å². The van der Waals surface area contributed by atoms with Gasteiger partial charge in [0.25, 0.3) is 0 Å². The fraction of sp³-hybridized carbons (Fsp3) is 0.316. The average Bonchev–Trinajstić information content (AvgIpc) is 3.08. The van der Waals surface area contributed by atoms with Crippen molar-refractivity contribution < 1.29 is 4.52 Å². The van der Waals surface area contributed by atoms with Gasteiger partial charge in [-0.1, -0.05) is 35.5 Å². The fourth-order valence-corrected chi connectivity index (χ4v) is 3.07. The van der Waals surface area contributed by atoms with E-state index in [0.29, 0.717) is 5.82 Å². The molecule has 7 heteroatoms. The maximum Gasteiger partial charge on any atom is 0.227 e. The van der Waals surface area contributed by atoms with Crippen molar-refractivity contribution in [3.63, 3.8) is 0 Å². The van der Waals surface area contributed by atoms with Gasteiger partial charge in [0, 0.05) is 45.0 Å². The van der Waals surface area contributed by atoms with Crippen LogP contribution in [-0.4, -0.2) is 46.2 Å². The lowest BCUT2D eigenvalue weighted by Crippen LogP contribution is -2.46. The van der Waals surface area contributed by atoms with Gasteiger partial charge in [-0.3, -0.25) is 4.90 Å².